The van der Waals surface area contributed by atoms with Gasteiger partial charge in [-0.05, 0) is 80.9 Å². The van der Waals surface area contributed by atoms with Crippen LogP contribution in [-0.2, 0) is 9.59 Å². The van der Waals surface area contributed by atoms with E-state index in [0.717, 1.165) is 33.8 Å². The summed E-state index contributed by atoms with van der Waals surface area (Å²) in [4.78, 5) is 38.6. The van der Waals surface area contributed by atoms with E-state index in [2.05, 4.69) is 5.32 Å². The molecule has 1 N–H and O–H groups in total. The average Bonchev–Trinajstić information content (AvgIpc) is 3.05. The van der Waals surface area contributed by atoms with E-state index < -0.39 is 23.7 Å². The normalized spacial score (nSPS) is 15.2. The molecule has 168 valence electrons. The Morgan fingerprint density at radius 3 is 2.39 bits per heavy atom. The molecule has 0 radical (unpaired) electrons. The number of nitrogens with zero attached hydrogens (tertiary/aromatic N) is 2. The van der Waals surface area contributed by atoms with Crippen LogP contribution in [0.3, 0.4) is 0 Å². The van der Waals surface area contributed by atoms with Gasteiger partial charge in [0.2, 0.25) is 0 Å². The molecule has 1 aromatic heterocycles. The summed E-state index contributed by atoms with van der Waals surface area (Å²) in [6.07, 6.45) is 1.45. The van der Waals surface area contributed by atoms with Crippen LogP contribution in [0.1, 0.15) is 23.9 Å². The van der Waals surface area contributed by atoms with Crippen LogP contribution in [0.5, 0.6) is 5.75 Å². The molecule has 0 aliphatic carbocycles. The number of hydrogen-bond acceptors (Lipinski definition) is 4. The van der Waals surface area contributed by atoms with Crippen molar-refractivity contribution in [1.82, 2.24) is 9.88 Å². The summed E-state index contributed by atoms with van der Waals surface area (Å²) in [6, 6.07) is 13.6. The maximum atomic E-state index is 13.7. The standard InChI is InChI=1S/C25H22FN3O4/c1-4-33-21-10-8-19(9-11-21)28-15(2)12-17(16(28)3)13-22-23(30)27-25(32)29(24(22)31)20-7-5-6-18(26)14-20/h5-14H,4H2,1-3H3,(H,27,30,32)/b22-13+. The summed E-state index contributed by atoms with van der Waals surface area (Å²) >= 11 is 0. The number of imide groups is 2. The van der Waals surface area contributed by atoms with Crippen LogP contribution in [0, 0.1) is 19.7 Å². The molecular weight excluding hydrogens is 425 g/mol. The molecule has 4 rings (SSSR count). The molecule has 2 heterocycles. The van der Waals surface area contributed by atoms with Crippen molar-refractivity contribution < 1.29 is 23.5 Å². The molecule has 0 spiro atoms. The lowest BCUT2D eigenvalue weighted by molar-refractivity contribution is -0.122. The van der Waals surface area contributed by atoms with Gasteiger partial charge in [0.1, 0.15) is 17.1 Å². The van der Waals surface area contributed by atoms with E-state index in [4.69, 9.17) is 4.74 Å². The van der Waals surface area contributed by atoms with Gasteiger partial charge in [0.25, 0.3) is 11.8 Å². The number of benzene rings is 2. The number of hydrogen-bond donors (Lipinski definition) is 1. The van der Waals surface area contributed by atoms with Crippen molar-refractivity contribution >= 4 is 29.6 Å². The van der Waals surface area contributed by atoms with E-state index in [9.17, 15) is 18.8 Å². The molecule has 1 aliphatic rings. The van der Waals surface area contributed by atoms with E-state index >= 15 is 0 Å². The minimum absolute atomic E-state index is 0.0377. The van der Waals surface area contributed by atoms with E-state index in [-0.39, 0.29) is 11.3 Å². The van der Waals surface area contributed by atoms with Gasteiger partial charge in [0.15, 0.2) is 0 Å². The lowest BCUT2D eigenvalue weighted by Gasteiger charge is -2.26. The largest absolute Gasteiger partial charge is 0.494 e. The summed E-state index contributed by atoms with van der Waals surface area (Å²) in [5.74, 6) is -1.46. The molecule has 7 nitrogen and oxygen atoms in total. The fraction of sp³-hybridized carbons (Fsp3) is 0.160. The molecule has 2 aromatic carbocycles. The average molecular weight is 447 g/mol. The quantitative estimate of drug-likeness (QED) is 0.467. The van der Waals surface area contributed by atoms with Crippen LogP contribution < -0.4 is 15.0 Å². The topological polar surface area (TPSA) is 80.6 Å². The fourth-order valence-corrected chi connectivity index (χ4v) is 3.85. The highest BCUT2D eigenvalue weighted by molar-refractivity contribution is 6.39. The van der Waals surface area contributed by atoms with Crippen LogP contribution in [0.2, 0.25) is 0 Å². The smallest absolute Gasteiger partial charge is 0.335 e. The first kappa shape index (κ1) is 22.0. The third kappa shape index (κ3) is 4.15. The predicted molar refractivity (Wildman–Crippen MR) is 122 cm³/mol. The van der Waals surface area contributed by atoms with E-state index in [1.165, 1.54) is 24.3 Å². The number of urea groups is 1. The van der Waals surface area contributed by atoms with Crippen LogP contribution in [0.25, 0.3) is 11.8 Å². The molecule has 3 aromatic rings. The first-order valence-corrected chi connectivity index (χ1v) is 10.4. The van der Waals surface area contributed by atoms with Gasteiger partial charge >= 0.3 is 6.03 Å². The Labute approximate surface area is 190 Å². The Hall–Kier alpha value is -4.20. The maximum absolute atomic E-state index is 13.7. The predicted octanol–water partition coefficient (Wildman–Crippen LogP) is 4.30. The number of anilines is 1. The second-order valence-electron chi connectivity index (χ2n) is 7.53. The summed E-state index contributed by atoms with van der Waals surface area (Å²) in [7, 11) is 0. The lowest BCUT2D eigenvalue weighted by atomic mass is 10.1. The molecular formula is C25H22FN3O4. The second-order valence-corrected chi connectivity index (χ2v) is 7.53. The first-order valence-electron chi connectivity index (χ1n) is 10.4. The van der Waals surface area contributed by atoms with Gasteiger partial charge in [0, 0.05) is 17.1 Å². The number of aryl methyl sites for hydroxylation is 1. The number of halogens is 1. The number of amides is 4. The van der Waals surface area contributed by atoms with Crippen molar-refractivity contribution in [3.05, 3.63) is 82.9 Å². The van der Waals surface area contributed by atoms with Crippen LogP contribution in [0.15, 0.2) is 60.2 Å². The minimum atomic E-state index is -0.924. The Kier molecular flexibility index (Phi) is 5.83. The Balaban J connectivity index is 1.72. The Bertz CT molecular complexity index is 1290. The third-order valence-electron chi connectivity index (χ3n) is 5.34. The zero-order valence-electron chi connectivity index (χ0n) is 18.4. The number of nitrogens with one attached hydrogen (secondary N) is 1. The van der Waals surface area contributed by atoms with Gasteiger partial charge in [-0.25, -0.2) is 14.1 Å². The highest BCUT2D eigenvalue weighted by atomic mass is 19.1. The number of rotatable bonds is 5. The summed E-state index contributed by atoms with van der Waals surface area (Å²) in [6.45, 7) is 6.27. The molecule has 8 heteroatoms. The molecule has 1 fully saturated rings. The van der Waals surface area contributed by atoms with Crippen molar-refractivity contribution in [2.24, 2.45) is 0 Å². The van der Waals surface area contributed by atoms with Crippen molar-refractivity contribution in [1.29, 1.82) is 0 Å². The summed E-state index contributed by atoms with van der Waals surface area (Å²) < 4.78 is 21.1. The van der Waals surface area contributed by atoms with Crippen LogP contribution >= 0.6 is 0 Å². The van der Waals surface area contributed by atoms with E-state index in [0.29, 0.717) is 12.2 Å². The molecule has 0 unspecified atom stereocenters. The number of carbonyl (C=O) groups is 3. The zero-order chi connectivity index (χ0) is 23.7. The van der Waals surface area contributed by atoms with E-state index in [1.54, 1.807) is 0 Å². The van der Waals surface area contributed by atoms with Gasteiger partial charge in [0.05, 0.1) is 12.3 Å². The monoisotopic (exact) mass is 447 g/mol. The molecule has 0 bridgehead atoms. The third-order valence-corrected chi connectivity index (χ3v) is 5.34. The molecule has 4 amide bonds. The number of barbiturate groups is 1. The van der Waals surface area contributed by atoms with Crippen molar-refractivity contribution in [2.45, 2.75) is 20.8 Å². The van der Waals surface area contributed by atoms with E-state index in [1.807, 2.05) is 55.7 Å². The summed E-state index contributed by atoms with van der Waals surface area (Å²) in [5, 5.41) is 2.15. The van der Waals surface area contributed by atoms with Crippen molar-refractivity contribution in [3.63, 3.8) is 0 Å². The van der Waals surface area contributed by atoms with Gasteiger partial charge < -0.3 is 9.30 Å². The molecule has 0 saturated carbocycles. The van der Waals surface area contributed by atoms with Gasteiger partial charge in [-0.1, -0.05) is 6.07 Å². The molecule has 33 heavy (non-hydrogen) atoms. The molecule has 1 aliphatic heterocycles. The maximum Gasteiger partial charge on any atom is 0.335 e. The van der Waals surface area contributed by atoms with Crippen molar-refractivity contribution in [3.8, 4) is 11.4 Å². The number of carbonyl (C=O) groups excluding carboxylic acids is 3. The Morgan fingerprint density at radius 1 is 1.00 bits per heavy atom. The summed E-state index contributed by atoms with van der Waals surface area (Å²) in [5.41, 5.74) is 3.06. The molecule has 0 atom stereocenters. The van der Waals surface area contributed by atoms with Crippen LogP contribution in [0.4, 0.5) is 14.9 Å². The highest BCUT2D eigenvalue weighted by Gasteiger charge is 2.37. The second kappa shape index (κ2) is 8.74. The van der Waals surface area contributed by atoms with Gasteiger partial charge in [-0.15, -0.1) is 0 Å². The van der Waals surface area contributed by atoms with Crippen LogP contribution in [-0.4, -0.2) is 29.0 Å². The van der Waals surface area contributed by atoms with Gasteiger partial charge in [-0.3, -0.25) is 14.9 Å². The number of ether oxygens (including phenoxy) is 1. The van der Waals surface area contributed by atoms with Gasteiger partial charge in [-0.2, -0.15) is 0 Å². The molecule has 1 saturated heterocycles. The van der Waals surface area contributed by atoms with Crippen molar-refractivity contribution in [2.75, 3.05) is 11.5 Å². The number of aromatic nitrogens is 1. The fourth-order valence-electron chi connectivity index (χ4n) is 3.85. The minimum Gasteiger partial charge on any atom is -0.494 e. The SMILES string of the molecule is CCOc1ccc(-n2c(C)cc(/C=C3\C(=O)NC(=O)N(c4cccc(F)c4)C3=O)c2C)cc1. The Morgan fingerprint density at radius 2 is 1.73 bits per heavy atom. The lowest BCUT2D eigenvalue weighted by Crippen LogP contribution is -2.54. The highest BCUT2D eigenvalue weighted by Crippen LogP contribution is 2.27. The zero-order valence-corrected chi connectivity index (χ0v) is 18.4. The first-order chi connectivity index (χ1) is 15.8.